The van der Waals surface area contributed by atoms with Crippen molar-refractivity contribution in [2.24, 2.45) is 11.1 Å². The summed E-state index contributed by atoms with van der Waals surface area (Å²) in [6, 6.07) is 5.39. The van der Waals surface area contributed by atoms with Gasteiger partial charge >= 0.3 is 0 Å². The van der Waals surface area contributed by atoms with E-state index in [1.807, 2.05) is 28.6 Å². The Bertz CT molecular complexity index is 1220. The van der Waals surface area contributed by atoms with Gasteiger partial charge in [-0.15, -0.1) is 0 Å². The summed E-state index contributed by atoms with van der Waals surface area (Å²) in [6.07, 6.45) is 1.73. The van der Waals surface area contributed by atoms with E-state index in [1.54, 1.807) is 6.07 Å². The number of primary amides is 1. The molecule has 1 aliphatic carbocycles. The number of nitrogens with two attached hydrogens (primary N) is 1. The second kappa shape index (κ2) is 9.90. The minimum absolute atomic E-state index is 0.0227. The summed E-state index contributed by atoms with van der Waals surface area (Å²) in [7, 11) is 0. The molecule has 0 unspecified atom stereocenters. The number of carbonyl (C=O) groups excluding carboxylic acids is 3. The number of hydrogen-bond acceptors (Lipinski definition) is 7. The molecule has 2 saturated heterocycles. The number of ether oxygens (including phenoxy) is 1. The monoisotopic (exact) mass is 508 g/mol. The number of hydrogen-bond donors (Lipinski definition) is 2. The lowest BCUT2D eigenvalue weighted by Crippen LogP contribution is -2.57. The molecule has 1 aromatic heterocycles. The number of rotatable bonds is 7. The molecule has 0 radical (unpaired) electrons. The maximum atomic E-state index is 12.8. The molecular weight excluding hydrogens is 472 g/mol. The number of benzene rings is 1. The van der Waals surface area contributed by atoms with Gasteiger partial charge in [0.25, 0.3) is 5.91 Å². The van der Waals surface area contributed by atoms with Gasteiger partial charge in [-0.1, -0.05) is 13.8 Å². The van der Waals surface area contributed by atoms with Gasteiger partial charge in [0.15, 0.2) is 5.78 Å². The van der Waals surface area contributed by atoms with E-state index >= 15 is 0 Å². The summed E-state index contributed by atoms with van der Waals surface area (Å²) in [5.74, 6) is -0.268. The number of fused-ring (bicyclic) bond motifs is 1. The maximum absolute atomic E-state index is 12.8. The molecule has 10 heteroatoms. The largest absolute Gasteiger partial charge is 0.379 e. The van der Waals surface area contributed by atoms with E-state index in [0.29, 0.717) is 48.4 Å². The van der Waals surface area contributed by atoms with Crippen LogP contribution in [0.1, 0.15) is 58.8 Å². The Hall–Kier alpha value is -3.24. The molecule has 2 aliphatic heterocycles. The number of ketones is 1. The highest BCUT2D eigenvalue weighted by atomic mass is 16.5. The summed E-state index contributed by atoms with van der Waals surface area (Å²) in [4.78, 5) is 41.7. The second-order valence-electron chi connectivity index (χ2n) is 11.2. The Balaban J connectivity index is 1.29. The van der Waals surface area contributed by atoms with Crippen LogP contribution in [-0.2, 0) is 16.0 Å². The van der Waals surface area contributed by atoms with Crippen LogP contribution in [0.3, 0.4) is 0 Å². The highest BCUT2D eigenvalue weighted by Gasteiger charge is 2.36. The van der Waals surface area contributed by atoms with Gasteiger partial charge in [0, 0.05) is 51.3 Å². The van der Waals surface area contributed by atoms with Crippen molar-refractivity contribution >= 4 is 23.3 Å². The number of aromatic nitrogens is 2. The Labute approximate surface area is 217 Å². The fourth-order valence-electron chi connectivity index (χ4n) is 5.58. The number of Topliss-reactive ketones (excluding diaryl/α,β-unsaturated/α-hetero) is 1. The normalized spacial score (nSPS) is 19.9. The van der Waals surface area contributed by atoms with Gasteiger partial charge in [-0.25, -0.2) is 4.68 Å². The van der Waals surface area contributed by atoms with E-state index in [0.717, 1.165) is 50.7 Å². The van der Waals surface area contributed by atoms with Crippen molar-refractivity contribution in [2.45, 2.75) is 46.1 Å². The summed E-state index contributed by atoms with van der Waals surface area (Å²) in [5.41, 5.74) is 9.60. The lowest BCUT2D eigenvalue weighted by molar-refractivity contribution is -0.135. The van der Waals surface area contributed by atoms with Gasteiger partial charge < -0.3 is 20.7 Å². The predicted molar refractivity (Wildman–Crippen MR) is 139 cm³/mol. The van der Waals surface area contributed by atoms with E-state index in [2.05, 4.69) is 29.2 Å². The van der Waals surface area contributed by atoms with Gasteiger partial charge in [0.05, 0.1) is 47.5 Å². The molecular formula is C27H36N6O4. The third-order valence-corrected chi connectivity index (χ3v) is 7.57. The Kier molecular flexibility index (Phi) is 6.80. The number of anilines is 1. The third kappa shape index (κ3) is 5.26. The van der Waals surface area contributed by atoms with Crippen molar-refractivity contribution in [3.05, 3.63) is 40.7 Å². The lowest BCUT2D eigenvalue weighted by Gasteiger charge is -2.41. The third-order valence-electron chi connectivity index (χ3n) is 7.57. The molecule has 2 amide bonds. The van der Waals surface area contributed by atoms with E-state index < -0.39 is 5.91 Å². The smallest absolute Gasteiger partial charge is 0.250 e. The molecule has 3 heterocycles. The van der Waals surface area contributed by atoms with Gasteiger partial charge in [-0.3, -0.25) is 19.3 Å². The SMILES string of the molecule is Cc1nn(-c2ccc(C(N)=O)c(NC3CN(C(=O)CCN4CCOCC4)C3)c2)c2c1C(=O)CC(C)(C)C2. The van der Waals surface area contributed by atoms with E-state index in [4.69, 9.17) is 10.5 Å². The first-order valence-electron chi connectivity index (χ1n) is 13.0. The number of nitrogens with zero attached hydrogens (tertiary/aromatic N) is 4. The molecule has 37 heavy (non-hydrogen) atoms. The van der Waals surface area contributed by atoms with Crippen molar-refractivity contribution in [3.8, 4) is 5.69 Å². The summed E-state index contributed by atoms with van der Waals surface area (Å²) in [6.45, 7) is 11.1. The molecule has 198 valence electrons. The minimum Gasteiger partial charge on any atom is -0.379 e. The quantitative estimate of drug-likeness (QED) is 0.584. The zero-order chi connectivity index (χ0) is 26.3. The van der Waals surface area contributed by atoms with Crippen LogP contribution < -0.4 is 11.1 Å². The van der Waals surface area contributed by atoms with Crippen LogP contribution in [0.4, 0.5) is 5.69 Å². The summed E-state index contributed by atoms with van der Waals surface area (Å²) >= 11 is 0. The number of amides is 2. The summed E-state index contributed by atoms with van der Waals surface area (Å²) < 4.78 is 7.18. The topological polar surface area (TPSA) is 123 Å². The maximum Gasteiger partial charge on any atom is 0.250 e. The van der Waals surface area contributed by atoms with Crippen LogP contribution in [0.2, 0.25) is 0 Å². The van der Waals surface area contributed by atoms with Crippen molar-refractivity contribution in [1.29, 1.82) is 0 Å². The number of morpholine rings is 1. The molecule has 0 bridgehead atoms. The molecule has 0 spiro atoms. The molecule has 0 saturated carbocycles. The van der Waals surface area contributed by atoms with Gasteiger partial charge in [-0.2, -0.15) is 5.10 Å². The number of nitrogens with one attached hydrogen (secondary N) is 1. The highest BCUT2D eigenvalue weighted by Crippen LogP contribution is 2.37. The van der Waals surface area contributed by atoms with Gasteiger partial charge in [0.1, 0.15) is 0 Å². The molecule has 2 fully saturated rings. The highest BCUT2D eigenvalue weighted by molar-refractivity contribution is 6.00. The van der Waals surface area contributed by atoms with Crippen molar-refractivity contribution in [3.63, 3.8) is 0 Å². The average Bonchev–Trinajstić information content (AvgIpc) is 3.15. The number of carbonyl (C=O) groups is 3. The zero-order valence-corrected chi connectivity index (χ0v) is 21.9. The Morgan fingerprint density at radius 2 is 1.92 bits per heavy atom. The van der Waals surface area contributed by atoms with Crippen molar-refractivity contribution in [1.82, 2.24) is 19.6 Å². The zero-order valence-electron chi connectivity index (χ0n) is 21.9. The van der Waals surface area contributed by atoms with Crippen molar-refractivity contribution in [2.75, 3.05) is 51.3 Å². The average molecular weight is 509 g/mol. The van der Waals surface area contributed by atoms with Crippen LogP contribution in [0.15, 0.2) is 18.2 Å². The predicted octanol–water partition coefficient (Wildman–Crippen LogP) is 1.78. The molecule has 2 aromatic rings. The van der Waals surface area contributed by atoms with E-state index in [-0.39, 0.29) is 23.1 Å². The van der Waals surface area contributed by atoms with E-state index in [9.17, 15) is 14.4 Å². The van der Waals surface area contributed by atoms with Crippen LogP contribution in [0, 0.1) is 12.3 Å². The molecule has 1 aromatic carbocycles. The number of aryl methyl sites for hydroxylation is 1. The van der Waals surface area contributed by atoms with E-state index in [1.165, 1.54) is 0 Å². The van der Waals surface area contributed by atoms with Gasteiger partial charge in [0.2, 0.25) is 5.91 Å². The van der Waals surface area contributed by atoms with Crippen LogP contribution in [-0.4, -0.2) is 89.2 Å². The Morgan fingerprint density at radius 3 is 2.62 bits per heavy atom. The fraction of sp³-hybridized carbons (Fsp3) is 0.556. The molecule has 0 atom stereocenters. The fourth-order valence-corrected chi connectivity index (χ4v) is 5.58. The second-order valence-corrected chi connectivity index (χ2v) is 11.2. The summed E-state index contributed by atoms with van der Waals surface area (Å²) in [5, 5.41) is 8.10. The molecule has 3 N–H and O–H groups in total. The number of likely N-dealkylation sites (tertiary alicyclic amines) is 1. The first-order chi connectivity index (χ1) is 17.6. The first kappa shape index (κ1) is 25.4. The minimum atomic E-state index is -0.526. The van der Waals surface area contributed by atoms with Crippen molar-refractivity contribution < 1.29 is 19.1 Å². The Morgan fingerprint density at radius 1 is 1.19 bits per heavy atom. The first-order valence-corrected chi connectivity index (χ1v) is 13.0. The molecule has 3 aliphatic rings. The molecule has 5 rings (SSSR count). The van der Waals surface area contributed by atoms with Gasteiger partial charge in [-0.05, 0) is 37.0 Å². The van der Waals surface area contributed by atoms with Crippen LogP contribution >= 0.6 is 0 Å². The molecule has 10 nitrogen and oxygen atoms in total. The van der Waals surface area contributed by atoms with Crippen LogP contribution in [0.25, 0.3) is 5.69 Å². The standard InChI is InChI=1S/C27H36N6O4/c1-17-25-22(13-27(2,3)14-23(25)34)33(30-17)19-4-5-20(26(28)36)21(12-19)29-18-15-32(16-18)24(35)6-7-31-8-10-37-11-9-31/h4-5,12,18,29H,6-11,13-16H2,1-3H3,(H2,28,36). The lowest BCUT2D eigenvalue weighted by atomic mass is 9.75. The van der Waals surface area contributed by atoms with Crippen LogP contribution in [0.5, 0.6) is 0 Å².